The molecule has 0 aliphatic heterocycles. The maximum Gasteiger partial charge on any atom is 0.433 e. The van der Waals surface area contributed by atoms with Crippen molar-refractivity contribution in [3.63, 3.8) is 0 Å². The Morgan fingerprint density at radius 1 is 1.24 bits per heavy atom. The molecule has 0 fully saturated rings. The average molecular weight is 317 g/mol. The zero-order chi connectivity index (χ0) is 15.5. The van der Waals surface area contributed by atoms with Gasteiger partial charge in [0.25, 0.3) is 0 Å². The number of pyridine rings is 1. The van der Waals surface area contributed by atoms with Crippen LogP contribution in [0.4, 0.5) is 18.9 Å². The standard InChI is InChI=1S/C13H8ClF3N2O2/c14-9-6-8(18-7-20)4-5-10(9)21-12-3-1-2-11(19-12)13(15,16)17/h1-7H,(H,18,20). The van der Waals surface area contributed by atoms with E-state index >= 15 is 0 Å². The smallest absolute Gasteiger partial charge is 0.433 e. The Balaban J connectivity index is 2.24. The first-order chi connectivity index (χ1) is 9.90. The van der Waals surface area contributed by atoms with E-state index in [0.29, 0.717) is 12.1 Å². The molecule has 1 amide bonds. The van der Waals surface area contributed by atoms with Gasteiger partial charge in [-0.05, 0) is 24.3 Å². The molecule has 0 atom stereocenters. The zero-order valence-corrected chi connectivity index (χ0v) is 11.1. The predicted octanol–water partition coefficient (Wildman–Crippen LogP) is 4.11. The van der Waals surface area contributed by atoms with E-state index in [4.69, 9.17) is 16.3 Å². The van der Waals surface area contributed by atoms with Gasteiger partial charge in [-0.1, -0.05) is 17.7 Å². The summed E-state index contributed by atoms with van der Waals surface area (Å²) in [6.07, 6.45) is -4.08. The number of hydrogen-bond donors (Lipinski definition) is 1. The Morgan fingerprint density at radius 2 is 2.00 bits per heavy atom. The van der Waals surface area contributed by atoms with E-state index in [9.17, 15) is 18.0 Å². The van der Waals surface area contributed by atoms with E-state index in [1.807, 2.05) is 0 Å². The number of nitrogens with zero attached hydrogens (tertiary/aromatic N) is 1. The zero-order valence-electron chi connectivity index (χ0n) is 10.3. The number of halogens is 4. The van der Waals surface area contributed by atoms with Gasteiger partial charge in [-0.2, -0.15) is 13.2 Å². The van der Waals surface area contributed by atoms with Crippen molar-refractivity contribution >= 4 is 23.7 Å². The summed E-state index contributed by atoms with van der Waals surface area (Å²) in [4.78, 5) is 13.7. The third-order valence-electron chi connectivity index (χ3n) is 2.39. The van der Waals surface area contributed by atoms with Crippen molar-refractivity contribution in [3.05, 3.63) is 47.1 Å². The van der Waals surface area contributed by atoms with E-state index < -0.39 is 11.9 Å². The molecular weight excluding hydrogens is 309 g/mol. The summed E-state index contributed by atoms with van der Waals surface area (Å²) in [7, 11) is 0. The Bertz CT molecular complexity index is 662. The van der Waals surface area contributed by atoms with Crippen LogP contribution in [-0.2, 0) is 11.0 Å². The van der Waals surface area contributed by atoms with Crippen LogP contribution in [0.3, 0.4) is 0 Å². The van der Waals surface area contributed by atoms with Gasteiger partial charge in [0.15, 0.2) is 0 Å². The molecule has 4 nitrogen and oxygen atoms in total. The maximum absolute atomic E-state index is 12.5. The number of anilines is 1. The van der Waals surface area contributed by atoms with E-state index in [2.05, 4.69) is 10.3 Å². The second kappa shape index (κ2) is 6.01. The number of benzene rings is 1. The number of hydrogen-bond acceptors (Lipinski definition) is 3. The van der Waals surface area contributed by atoms with Crippen LogP contribution in [0.25, 0.3) is 0 Å². The highest BCUT2D eigenvalue weighted by Gasteiger charge is 2.32. The molecule has 0 aliphatic carbocycles. The fourth-order valence-electron chi connectivity index (χ4n) is 1.48. The summed E-state index contributed by atoms with van der Waals surface area (Å²) in [5.41, 5.74) is -0.630. The molecule has 1 N–H and O–H groups in total. The van der Waals surface area contributed by atoms with Crippen LogP contribution in [0.1, 0.15) is 5.69 Å². The Hall–Kier alpha value is -2.28. The van der Waals surface area contributed by atoms with Gasteiger partial charge in [0.1, 0.15) is 11.4 Å². The quantitative estimate of drug-likeness (QED) is 0.863. The second-order valence-corrected chi connectivity index (χ2v) is 4.28. The van der Waals surface area contributed by atoms with Crippen LogP contribution in [0.15, 0.2) is 36.4 Å². The van der Waals surface area contributed by atoms with Gasteiger partial charge >= 0.3 is 6.18 Å². The van der Waals surface area contributed by atoms with E-state index in [1.54, 1.807) is 0 Å². The summed E-state index contributed by atoms with van der Waals surface area (Å²) >= 11 is 5.91. The lowest BCUT2D eigenvalue weighted by atomic mass is 10.3. The Morgan fingerprint density at radius 3 is 2.62 bits per heavy atom. The Labute approximate surface area is 122 Å². The molecule has 0 unspecified atom stereocenters. The molecule has 0 saturated carbocycles. The maximum atomic E-state index is 12.5. The third-order valence-corrected chi connectivity index (χ3v) is 2.68. The number of rotatable bonds is 4. The first-order valence-electron chi connectivity index (χ1n) is 5.62. The van der Waals surface area contributed by atoms with Gasteiger partial charge in [0.2, 0.25) is 12.3 Å². The molecular formula is C13H8ClF3N2O2. The van der Waals surface area contributed by atoms with Crippen molar-refractivity contribution in [2.24, 2.45) is 0 Å². The number of carbonyl (C=O) groups is 1. The fraction of sp³-hybridized carbons (Fsp3) is 0.0769. The van der Waals surface area contributed by atoms with Gasteiger partial charge in [0, 0.05) is 11.8 Å². The molecule has 0 radical (unpaired) electrons. The summed E-state index contributed by atoms with van der Waals surface area (Å²) in [6, 6.07) is 7.61. The number of carbonyl (C=O) groups excluding carboxylic acids is 1. The van der Waals surface area contributed by atoms with Crippen LogP contribution >= 0.6 is 11.6 Å². The summed E-state index contributed by atoms with van der Waals surface area (Å²) in [6.45, 7) is 0. The lowest BCUT2D eigenvalue weighted by Gasteiger charge is -2.10. The third kappa shape index (κ3) is 3.85. The molecule has 1 heterocycles. The summed E-state index contributed by atoms with van der Waals surface area (Å²) in [5.74, 6) is -0.109. The minimum absolute atomic E-state index is 0.125. The van der Waals surface area contributed by atoms with Crippen molar-refractivity contribution in [2.75, 3.05) is 5.32 Å². The molecule has 0 saturated heterocycles. The molecule has 2 rings (SSSR count). The highest BCUT2D eigenvalue weighted by molar-refractivity contribution is 6.32. The van der Waals surface area contributed by atoms with E-state index in [-0.39, 0.29) is 16.7 Å². The number of nitrogens with one attached hydrogen (secondary N) is 1. The van der Waals surface area contributed by atoms with Crippen LogP contribution in [0, 0.1) is 0 Å². The van der Waals surface area contributed by atoms with Crippen LogP contribution in [0.2, 0.25) is 5.02 Å². The minimum Gasteiger partial charge on any atom is -0.437 e. The van der Waals surface area contributed by atoms with Gasteiger partial charge < -0.3 is 10.1 Å². The number of ether oxygens (including phenoxy) is 1. The highest BCUT2D eigenvalue weighted by Crippen LogP contribution is 2.33. The van der Waals surface area contributed by atoms with Crippen molar-refractivity contribution in [3.8, 4) is 11.6 Å². The van der Waals surface area contributed by atoms with Crippen LogP contribution in [0.5, 0.6) is 11.6 Å². The Kier molecular flexibility index (Phi) is 4.32. The molecule has 0 aliphatic rings. The fourth-order valence-corrected chi connectivity index (χ4v) is 1.70. The van der Waals surface area contributed by atoms with Crippen molar-refractivity contribution < 1.29 is 22.7 Å². The summed E-state index contributed by atoms with van der Waals surface area (Å²) < 4.78 is 42.8. The van der Waals surface area contributed by atoms with Gasteiger partial charge in [-0.3, -0.25) is 4.79 Å². The largest absolute Gasteiger partial charge is 0.437 e. The first-order valence-corrected chi connectivity index (χ1v) is 6.00. The minimum atomic E-state index is -4.55. The second-order valence-electron chi connectivity index (χ2n) is 3.87. The molecule has 8 heteroatoms. The highest BCUT2D eigenvalue weighted by atomic mass is 35.5. The van der Waals surface area contributed by atoms with Crippen LogP contribution < -0.4 is 10.1 Å². The van der Waals surface area contributed by atoms with Gasteiger partial charge in [-0.25, -0.2) is 4.98 Å². The SMILES string of the molecule is O=CNc1ccc(Oc2cccc(C(F)(F)F)n2)c(Cl)c1. The van der Waals surface area contributed by atoms with Crippen LogP contribution in [-0.4, -0.2) is 11.4 Å². The van der Waals surface area contributed by atoms with Crippen molar-refractivity contribution in [1.82, 2.24) is 4.98 Å². The van der Waals surface area contributed by atoms with Gasteiger partial charge in [-0.15, -0.1) is 0 Å². The molecule has 2 aromatic rings. The number of aromatic nitrogens is 1. The van der Waals surface area contributed by atoms with E-state index in [0.717, 1.165) is 6.07 Å². The lowest BCUT2D eigenvalue weighted by molar-refractivity contribution is -0.141. The normalized spacial score (nSPS) is 11.0. The lowest BCUT2D eigenvalue weighted by Crippen LogP contribution is -2.08. The predicted molar refractivity (Wildman–Crippen MR) is 70.5 cm³/mol. The number of alkyl halides is 3. The molecule has 1 aromatic carbocycles. The van der Waals surface area contributed by atoms with Gasteiger partial charge in [0.05, 0.1) is 5.02 Å². The van der Waals surface area contributed by atoms with E-state index in [1.165, 1.54) is 30.3 Å². The molecule has 0 bridgehead atoms. The topological polar surface area (TPSA) is 51.2 Å². The first kappa shape index (κ1) is 15.1. The molecule has 0 spiro atoms. The van der Waals surface area contributed by atoms with Crippen molar-refractivity contribution in [1.29, 1.82) is 0 Å². The average Bonchev–Trinajstić information content (AvgIpc) is 2.42. The molecule has 110 valence electrons. The summed E-state index contributed by atoms with van der Waals surface area (Å²) in [5, 5.41) is 2.51. The molecule has 21 heavy (non-hydrogen) atoms. The molecule has 1 aromatic heterocycles. The van der Waals surface area contributed by atoms with Crippen molar-refractivity contribution in [2.45, 2.75) is 6.18 Å². The monoisotopic (exact) mass is 316 g/mol. The number of amides is 1.